The molecule has 3 aromatic rings. The highest BCUT2D eigenvalue weighted by Crippen LogP contribution is 2.31. The number of aryl methyl sites for hydroxylation is 2. The van der Waals surface area contributed by atoms with Crippen LogP contribution in [0.15, 0.2) is 52.9 Å². The third-order valence-electron chi connectivity index (χ3n) is 4.26. The van der Waals surface area contributed by atoms with E-state index >= 15 is 0 Å². The number of rotatable bonds is 6. The van der Waals surface area contributed by atoms with Crippen LogP contribution in [0, 0.1) is 13.8 Å². The Bertz CT molecular complexity index is 927. The average molecular weight is 399 g/mol. The third kappa shape index (κ3) is 4.87. The van der Waals surface area contributed by atoms with Gasteiger partial charge in [0.15, 0.2) is 4.34 Å². The Labute approximate surface area is 167 Å². The number of carbonyl (C=O) groups is 1. The lowest BCUT2D eigenvalue weighted by atomic mass is 10.1. The summed E-state index contributed by atoms with van der Waals surface area (Å²) in [5, 5.41) is 12.1. The van der Waals surface area contributed by atoms with Crippen LogP contribution in [0.5, 0.6) is 0 Å². The Morgan fingerprint density at radius 1 is 1.11 bits per heavy atom. The Kier molecular flexibility index (Phi) is 6.13. The lowest BCUT2D eigenvalue weighted by molar-refractivity contribution is -0.117. The number of nitrogens with zero attached hydrogens (tertiary/aromatic N) is 3. The van der Waals surface area contributed by atoms with Crippen LogP contribution in [-0.4, -0.2) is 28.4 Å². The van der Waals surface area contributed by atoms with Gasteiger partial charge < -0.3 is 10.2 Å². The third-order valence-corrected chi connectivity index (χ3v) is 6.27. The van der Waals surface area contributed by atoms with Gasteiger partial charge in [-0.25, -0.2) is 0 Å². The molecule has 1 atom stereocenters. The van der Waals surface area contributed by atoms with Gasteiger partial charge in [0, 0.05) is 18.4 Å². The van der Waals surface area contributed by atoms with Gasteiger partial charge in [-0.05, 0) is 56.2 Å². The van der Waals surface area contributed by atoms with Gasteiger partial charge in [0.1, 0.15) is 0 Å². The second-order valence-corrected chi connectivity index (χ2v) is 8.86. The molecule has 1 aromatic heterocycles. The van der Waals surface area contributed by atoms with E-state index in [1.165, 1.54) is 34.2 Å². The summed E-state index contributed by atoms with van der Waals surface area (Å²) in [6, 6.07) is 15.8. The van der Waals surface area contributed by atoms with Crippen molar-refractivity contribution in [2.75, 3.05) is 17.3 Å². The molecule has 1 heterocycles. The first kappa shape index (κ1) is 19.4. The van der Waals surface area contributed by atoms with Gasteiger partial charge in [0.05, 0.1) is 5.25 Å². The molecule has 7 heteroatoms. The van der Waals surface area contributed by atoms with Crippen LogP contribution in [0.3, 0.4) is 0 Å². The van der Waals surface area contributed by atoms with Gasteiger partial charge in [-0.1, -0.05) is 47.4 Å². The number of carbonyl (C=O) groups excluding carboxylic acids is 1. The summed E-state index contributed by atoms with van der Waals surface area (Å²) in [5.74, 6) is 0.0325. The van der Waals surface area contributed by atoms with Crippen LogP contribution < -0.4 is 10.2 Å². The van der Waals surface area contributed by atoms with E-state index in [1.54, 1.807) is 11.9 Å². The number of para-hydroxylation sites is 1. The monoisotopic (exact) mass is 398 g/mol. The fourth-order valence-corrected chi connectivity index (χ4v) is 4.51. The Morgan fingerprint density at radius 2 is 1.85 bits per heavy atom. The summed E-state index contributed by atoms with van der Waals surface area (Å²) in [5.41, 5.74) is 4.34. The maximum absolute atomic E-state index is 12.7. The van der Waals surface area contributed by atoms with E-state index in [4.69, 9.17) is 0 Å². The van der Waals surface area contributed by atoms with Crippen molar-refractivity contribution in [2.24, 2.45) is 0 Å². The summed E-state index contributed by atoms with van der Waals surface area (Å²) in [4.78, 5) is 14.3. The molecule has 2 aromatic carbocycles. The number of nitrogens with one attached hydrogen (secondary N) is 1. The predicted molar refractivity (Wildman–Crippen MR) is 114 cm³/mol. The van der Waals surface area contributed by atoms with Crippen molar-refractivity contribution in [3.63, 3.8) is 0 Å². The second-order valence-electron chi connectivity index (χ2n) is 6.29. The van der Waals surface area contributed by atoms with E-state index in [9.17, 15) is 4.79 Å². The van der Waals surface area contributed by atoms with E-state index < -0.39 is 0 Å². The Morgan fingerprint density at radius 3 is 2.56 bits per heavy atom. The van der Waals surface area contributed by atoms with E-state index in [2.05, 4.69) is 41.5 Å². The van der Waals surface area contributed by atoms with Crippen LogP contribution >= 0.6 is 23.1 Å². The molecular weight excluding hydrogens is 376 g/mol. The van der Waals surface area contributed by atoms with Crippen LogP contribution in [0.1, 0.15) is 18.1 Å². The van der Waals surface area contributed by atoms with Crippen molar-refractivity contribution < 1.29 is 4.79 Å². The topological polar surface area (TPSA) is 58.1 Å². The van der Waals surface area contributed by atoms with Gasteiger partial charge in [-0.3, -0.25) is 4.79 Å². The lowest BCUT2D eigenvalue weighted by Gasteiger charge is -2.20. The Balaban J connectivity index is 1.62. The van der Waals surface area contributed by atoms with Crippen molar-refractivity contribution in [1.29, 1.82) is 0 Å². The summed E-state index contributed by atoms with van der Waals surface area (Å²) in [6.45, 7) is 6.06. The van der Waals surface area contributed by atoms with Gasteiger partial charge in [-0.15, -0.1) is 10.2 Å². The van der Waals surface area contributed by atoms with Gasteiger partial charge in [-0.2, -0.15) is 0 Å². The van der Waals surface area contributed by atoms with Gasteiger partial charge in [0.25, 0.3) is 0 Å². The molecule has 140 valence electrons. The number of aromatic nitrogens is 2. The zero-order valence-corrected chi connectivity index (χ0v) is 17.4. The van der Waals surface area contributed by atoms with Crippen LogP contribution in [-0.2, 0) is 4.79 Å². The SMILES string of the molecule is Cc1ccc(Nc2nnc(SC(C)C(=O)N(C)c3ccccc3)s2)cc1C. The molecule has 0 aliphatic carbocycles. The van der Waals surface area contributed by atoms with Crippen LogP contribution in [0.25, 0.3) is 0 Å². The minimum absolute atomic E-state index is 0.0325. The highest BCUT2D eigenvalue weighted by molar-refractivity contribution is 8.02. The van der Waals surface area contributed by atoms with E-state index in [1.807, 2.05) is 43.3 Å². The van der Waals surface area contributed by atoms with Gasteiger partial charge >= 0.3 is 0 Å². The van der Waals surface area contributed by atoms with Gasteiger partial charge in [0.2, 0.25) is 11.0 Å². The summed E-state index contributed by atoms with van der Waals surface area (Å²) < 4.78 is 0.767. The minimum atomic E-state index is -0.252. The molecule has 0 fully saturated rings. The molecule has 0 aliphatic heterocycles. The van der Waals surface area contributed by atoms with Crippen LogP contribution in [0.4, 0.5) is 16.5 Å². The Hall–Kier alpha value is -2.38. The first-order valence-electron chi connectivity index (χ1n) is 8.61. The smallest absolute Gasteiger partial charge is 0.240 e. The summed E-state index contributed by atoms with van der Waals surface area (Å²) >= 11 is 2.88. The molecule has 1 amide bonds. The number of thioether (sulfide) groups is 1. The fraction of sp³-hybridized carbons (Fsp3) is 0.250. The highest BCUT2D eigenvalue weighted by atomic mass is 32.2. The highest BCUT2D eigenvalue weighted by Gasteiger charge is 2.21. The van der Waals surface area contributed by atoms with Crippen LogP contribution in [0.2, 0.25) is 0 Å². The molecule has 1 N–H and O–H groups in total. The molecule has 0 aliphatic rings. The zero-order chi connectivity index (χ0) is 19.4. The van der Waals surface area contributed by atoms with Crippen molar-refractivity contribution >= 4 is 45.5 Å². The van der Waals surface area contributed by atoms with Crippen molar-refractivity contribution in [3.8, 4) is 0 Å². The number of anilines is 3. The average Bonchev–Trinajstić information content (AvgIpc) is 3.11. The molecule has 0 saturated carbocycles. The van der Waals surface area contributed by atoms with Crippen molar-refractivity contribution in [3.05, 3.63) is 59.7 Å². The number of hydrogen-bond acceptors (Lipinski definition) is 6. The van der Waals surface area contributed by atoms with Crippen molar-refractivity contribution in [1.82, 2.24) is 10.2 Å². The first-order valence-corrected chi connectivity index (χ1v) is 10.3. The zero-order valence-electron chi connectivity index (χ0n) is 15.8. The number of amides is 1. The standard InChI is InChI=1S/C20H22N4OS2/c1-13-10-11-16(12-14(13)2)21-19-22-23-20(27-19)26-15(3)18(25)24(4)17-8-6-5-7-9-17/h5-12,15H,1-4H3,(H,21,22). The number of benzene rings is 2. The molecule has 27 heavy (non-hydrogen) atoms. The second kappa shape index (κ2) is 8.54. The predicted octanol–water partition coefficient (Wildman–Crippen LogP) is 5.04. The van der Waals surface area contributed by atoms with E-state index in [-0.39, 0.29) is 11.2 Å². The fourth-order valence-electron chi connectivity index (χ4n) is 2.50. The van der Waals surface area contributed by atoms with Crippen molar-refractivity contribution in [2.45, 2.75) is 30.4 Å². The summed E-state index contributed by atoms with van der Waals surface area (Å²) in [6.07, 6.45) is 0. The molecule has 3 rings (SSSR count). The maximum atomic E-state index is 12.7. The molecule has 0 bridgehead atoms. The molecule has 0 radical (unpaired) electrons. The first-order chi connectivity index (χ1) is 12.9. The molecule has 0 saturated heterocycles. The molecule has 0 spiro atoms. The summed E-state index contributed by atoms with van der Waals surface area (Å²) in [7, 11) is 1.79. The maximum Gasteiger partial charge on any atom is 0.240 e. The van der Waals surface area contributed by atoms with E-state index in [0.717, 1.165) is 20.8 Å². The largest absolute Gasteiger partial charge is 0.330 e. The molecular formula is C20H22N4OS2. The normalized spacial score (nSPS) is 11.9. The quantitative estimate of drug-likeness (QED) is 0.589. The minimum Gasteiger partial charge on any atom is -0.330 e. The molecule has 1 unspecified atom stereocenters. The number of hydrogen-bond donors (Lipinski definition) is 1. The van der Waals surface area contributed by atoms with E-state index in [0.29, 0.717) is 0 Å². The lowest BCUT2D eigenvalue weighted by Crippen LogP contribution is -2.33. The molecule has 5 nitrogen and oxygen atoms in total.